The summed E-state index contributed by atoms with van der Waals surface area (Å²) in [5, 5.41) is 7.14. The van der Waals surface area contributed by atoms with Gasteiger partial charge in [0, 0.05) is 13.0 Å². The third-order valence-electron chi connectivity index (χ3n) is 4.95. The molecule has 2 aliphatic rings. The molecular weight excluding hydrogens is 304 g/mol. The van der Waals surface area contributed by atoms with E-state index < -0.39 is 0 Å². The maximum atomic E-state index is 12.2. The SMILES string of the molecule is CCc1nc([C@H]2CCCN2CC(=O)NCCC2=CCCCC2)no1. The molecule has 1 saturated heterocycles. The van der Waals surface area contributed by atoms with Gasteiger partial charge in [0.2, 0.25) is 11.8 Å². The second kappa shape index (κ2) is 8.42. The zero-order valence-corrected chi connectivity index (χ0v) is 14.6. The summed E-state index contributed by atoms with van der Waals surface area (Å²) < 4.78 is 5.22. The number of aromatic nitrogens is 2. The Morgan fingerprint density at radius 1 is 1.42 bits per heavy atom. The first kappa shape index (κ1) is 17.1. The zero-order chi connectivity index (χ0) is 16.8. The minimum Gasteiger partial charge on any atom is -0.355 e. The Morgan fingerprint density at radius 2 is 2.33 bits per heavy atom. The molecular formula is C18H28N4O2. The molecule has 0 bridgehead atoms. The van der Waals surface area contributed by atoms with Gasteiger partial charge in [-0.3, -0.25) is 9.69 Å². The van der Waals surface area contributed by atoms with Crippen LogP contribution in [0.3, 0.4) is 0 Å². The van der Waals surface area contributed by atoms with Crippen molar-refractivity contribution in [2.75, 3.05) is 19.6 Å². The summed E-state index contributed by atoms with van der Waals surface area (Å²) in [4.78, 5) is 18.8. The van der Waals surface area contributed by atoms with E-state index in [1.165, 1.54) is 31.3 Å². The smallest absolute Gasteiger partial charge is 0.234 e. The topological polar surface area (TPSA) is 71.3 Å². The van der Waals surface area contributed by atoms with Crippen molar-refractivity contribution < 1.29 is 9.32 Å². The lowest BCUT2D eigenvalue weighted by atomic mass is 9.97. The fraction of sp³-hybridized carbons (Fsp3) is 0.722. The molecule has 1 aliphatic carbocycles. The highest BCUT2D eigenvalue weighted by atomic mass is 16.5. The molecule has 1 amide bonds. The monoisotopic (exact) mass is 332 g/mol. The molecule has 0 unspecified atom stereocenters. The lowest BCUT2D eigenvalue weighted by Crippen LogP contribution is -2.37. The summed E-state index contributed by atoms with van der Waals surface area (Å²) in [5.41, 5.74) is 1.50. The number of carbonyl (C=O) groups is 1. The third-order valence-corrected chi connectivity index (χ3v) is 4.95. The van der Waals surface area contributed by atoms with Gasteiger partial charge < -0.3 is 9.84 Å². The highest BCUT2D eigenvalue weighted by Crippen LogP contribution is 2.29. The summed E-state index contributed by atoms with van der Waals surface area (Å²) in [6, 6.07) is 0.112. The number of aryl methyl sites for hydroxylation is 1. The van der Waals surface area contributed by atoms with Crippen molar-refractivity contribution in [2.24, 2.45) is 0 Å². The molecule has 1 fully saturated rings. The number of carbonyl (C=O) groups excluding carboxylic acids is 1. The molecule has 1 aliphatic heterocycles. The molecule has 1 N–H and O–H groups in total. The van der Waals surface area contributed by atoms with Gasteiger partial charge in [-0.05, 0) is 51.5 Å². The third kappa shape index (κ3) is 4.44. The molecule has 0 saturated carbocycles. The highest BCUT2D eigenvalue weighted by Gasteiger charge is 2.31. The molecule has 6 nitrogen and oxygen atoms in total. The lowest BCUT2D eigenvalue weighted by Gasteiger charge is -2.21. The first-order valence-electron chi connectivity index (χ1n) is 9.27. The van der Waals surface area contributed by atoms with Crippen molar-refractivity contribution in [2.45, 2.75) is 64.3 Å². The van der Waals surface area contributed by atoms with E-state index in [-0.39, 0.29) is 11.9 Å². The largest absolute Gasteiger partial charge is 0.355 e. The van der Waals surface area contributed by atoms with Crippen LogP contribution in [0, 0.1) is 0 Å². The van der Waals surface area contributed by atoms with Crippen LogP contribution >= 0.6 is 0 Å². The number of amides is 1. The first-order chi connectivity index (χ1) is 11.8. The van der Waals surface area contributed by atoms with E-state index in [4.69, 9.17) is 4.52 Å². The van der Waals surface area contributed by atoms with Crippen LogP contribution < -0.4 is 5.32 Å². The van der Waals surface area contributed by atoms with Gasteiger partial charge in [-0.15, -0.1) is 0 Å². The van der Waals surface area contributed by atoms with Crippen molar-refractivity contribution in [3.05, 3.63) is 23.4 Å². The van der Waals surface area contributed by atoms with Crippen molar-refractivity contribution in [3.8, 4) is 0 Å². The normalized spacial score (nSPS) is 21.7. The molecule has 6 heteroatoms. The second-order valence-corrected chi connectivity index (χ2v) is 6.74. The maximum Gasteiger partial charge on any atom is 0.234 e. The summed E-state index contributed by atoms with van der Waals surface area (Å²) in [5.74, 6) is 1.49. The van der Waals surface area contributed by atoms with Crippen LogP contribution in [0.1, 0.15) is 69.6 Å². The van der Waals surface area contributed by atoms with Crippen LogP contribution in [-0.4, -0.2) is 40.6 Å². The van der Waals surface area contributed by atoms with Gasteiger partial charge in [-0.25, -0.2) is 0 Å². The summed E-state index contributed by atoms with van der Waals surface area (Å²) in [6.07, 6.45) is 11.1. The number of allylic oxidation sites excluding steroid dienone is 1. The van der Waals surface area contributed by atoms with E-state index in [1.807, 2.05) is 6.92 Å². The number of nitrogens with one attached hydrogen (secondary N) is 1. The standard InChI is InChI=1S/C18H28N4O2/c1-2-17-20-18(21-24-17)15-9-6-12-22(15)13-16(23)19-11-10-14-7-4-3-5-8-14/h7,15H,2-6,8-13H2,1H3,(H,19,23)/t15-/m1/s1. The molecule has 0 aromatic carbocycles. The lowest BCUT2D eigenvalue weighted by molar-refractivity contribution is -0.122. The molecule has 24 heavy (non-hydrogen) atoms. The van der Waals surface area contributed by atoms with E-state index in [0.29, 0.717) is 12.4 Å². The number of likely N-dealkylation sites (tertiary alicyclic amines) is 1. The average molecular weight is 332 g/mol. The van der Waals surface area contributed by atoms with Gasteiger partial charge in [-0.1, -0.05) is 23.7 Å². The minimum atomic E-state index is 0.0949. The van der Waals surface area contributed by atoms with Gasteiger partial charge in [-0.2, -0.15) is 4.98 Å². The van der Waals surface area contributed by atoms with Crippen LogP contribution in [0.15, 0.2) is 16.2 Å². The fourth-order valence-corrected chi connectivity index (χ4v) is 3.59. The molecule has 0 spiro atoms. The average Bonchev–Trinajstić information content (AvgIpc) is 3.24. The Bertz CT molecular complexity index is 581. The number of nitrogens with zero attached hydrogens (tertiary/aromatic N) is 3. The Balaban J connectivity index is 1.45. The van der Waals surface area contributed by atoms with E-state index in [9.17, 15) is 4.79 Å². The van der Waals surface area contributed by atoms with Crippen LogP contribution in [-0.2, 0) is 11.2 Å². The van der Waals surface area contributed by atoms with E-state index in [2.05, 4.69) is 26.4 Å². The Kier molecular flexibility index (Phi) is 6.01. The van der Waals surface area contributed by atoms with Crippen LogP contribution in [0.2, 0.25) is 0 Å². The van der Waals surface area contributed by atoms with Gasteiger partial charge in [0.05, 0.1) is 12.6 Å². The summed E-state index contributed by atoms with van der Waals surface area (Å²) >= 11 is 0. The van der Waals surface area contributed by atoms with E-state index in [1.54, 1.807) is 0 Å². The van der Waals surface area contributed by atoms with Gasteiger partial charge in [0.25, 0.3) is 0 Å². The highest BCUT2D eigenvalue weighted by molar-refractivity contribution is 5.78. The molecule has 1 atom stereocenters. The van der Waals surface area contributed by atoms with Gasteiger partial charge >= 0.3 is 0 Å². The van der Waals surface area contributed by atoms with Crippen LogP contribution in [0.25, 0.3) is 0 Å². The summed E-state index contributed by atoms with van der Waals surface area (Å²) in [7, 11) is 0. The molecule has 3 rings (SSSR count). The zero-order valence-electron chi connectivity index (χ0n) is 14.6. The second-order valence-electron chi connectivity index (χ2n) is 6.74. The van der Waals surface area contributed by atoms with Crippen molar-refractivity contribution in [3.63, 3.8) is 0 Å². The number of hydrogen-bond donors (Lipinski definition) is 1. The Hall–Kier alpha value is -1.69. The van der Waals surface area contributed by atoms with Gasteiger partial charge in [0.15, 0.2) is 5.82 Å². The Labute approximate surface area is 143 Å². The Morgan fingerprint density at radius 3 is 3.08 bits per heavy atom. The molecule has 0 radical (unpaired) electrons. The van der Waals surface area contributed by atoms with Crippen molar-refractivity contribution in [1.82, 2.24) is 20.4 Å². The molecule has 2 heterocycles. The molecule has 1 aromatic rings. The first-order valence-corrected chi connectivity index (χ1v) is 9.27. The van der Waals surface area contributed by atoms with E-state index in [0.717, 1.165) is 44.6 Å². The quantitative estimate of drug-likeness (QED) is 0.777. The van der Waals surface area contributed by atoms with Crippen LogP contribution in [0.4, 0.5) is 0 Å². The minimum absolute atomic E-state index is 0.0949. The molecule has 132 valence electrons. The predicted octanol–water partition coefficient (Wildman–Crippen LogP) is 2.78. The summed E-state index contributed by atoms with van der Waals surface area (Å²) in [6.45, 7) is 4.07. The van der Waals surface area contributed by atoms with Crippen molar-refractivity contribution in [1.29, 1.82) is 0 Å². The predicted molar refractivity (Wildman–Crippen MR) is 91.4 cm³/mol. The van der Waals surface area contributed by atoms with Crippen molar-refractivity contribution >= 4 is 5.91 Å². The number of hydrogen-bond acceptors (Lipinski definition) is 5. The number of rotatable bonds is 7. The van der Waals surface area contributed by atoms with Crippen LogP contribution in [0.5, 0.6) is 0 Å². The fourth-order valence-electron chi connectivity index (χ4n) is 3.59. The maximum absolute atomic E-state index is 12.2. The molecule has 1 aromatic heterocycles. The van der Waals surface area contributed by atoms with E-state index >= 15 is 0 Å². The van der Waals surface area contributed by atoms with Gasteiger partial charge in [0.1, 0.15) is 0 Å².